The molecule has 2 heteroatoms. The fourth-order valence-corrected chi connectivity index (χ4v) is 2.18. The van der Waals surface area contributed by atoms with Gasteiger partial charge in [0, 0.05) is 11.5 Å². The highest BCUT2D eigenvalue weighted by atomic mass is 16.1. The first-order chi connectivity index (χ1) is 8.85. The van der Waals surface area contributed by atoms with Gasteiger partial charge in [0.05, 0.1) is 0 Å². The average molecular weight is 261 g/mol. The first kappa shape index (κ1) is 15.9. The molecule has 106 valence electrons. The molecule has 1 aliphatic rings. The SMILES string of the molecule is CC(C)(C)C=O.CCNC1Cc2ccc(C)cc2C1. The normalized spacial score (nSPS) is 17.4. The first-order valence-electron chi connectivity index (χ1n) is 7.14. The van der Waals surface area contributed by atoms with Crippen molar-refractivity contribution >= 4 is 6.29 Å². The van der Waals surface area contributed by atoms with Crippen molar-refractivity contribution < 1.29 is 4.79 Å². The highest BCUT2D eigenvalue weighted by Crippen LogP contribution is 2.22. The summed E-state index contributed by atoms with van der Waals surface area (Å²) in [5.74, 6) is 0. The van der Waals surface area contributed by atoms with Crippen LogP contribution in [0.1, 0.15) is 44.4 Å². The molecule has 0 spiro atoms. The quantitative estimate of drug-likeness (QED) is 0.828. The second-order valence-corrected chi connectivity index (χ2v) is 6.42. The van der Waals surface area contributed by atoms with Gasteiger partial charge in [-0.25, -0.2) is 0 Å². The molecule has 0 saturated heterocycles. The van der Waals surface area contributed by atoms with Crippen LogP contribution >= 0.6 is 0 Å². The van der Waals surface area contributed by atoms with Crippen molar-refractivity contribution in [2.45, 2.75) is 53.5 Å². The summed E-state index contributed by atoms with van der Waals surface area (Å²) in [4.78, 5) is 9.83. The Balaban J connectivity index is 0.000000258. The van der Waals surface area contributed by atoms with Gasteiger partial charge in [0.15, 0.2) is 0 Å². The molecule has 1 N–H and O–H groups in total. The predicted octanol–water partition coefficient (Wildman–Crippen LogP) is 3.30. The van der Waals surface area contributed by atoms with Crippen LogP contribution in [-0.2, 0) is 17.6 Å². The molecule has 1 aromatic rings. The Kier molecular flexibility index (Phi) is 5.74. The van der Waals surface area contributed by atoms with E-state index < -0.39 is 0 Å². The van der Waals surface area contributed by atoms with E-state index in [2.05, 4.69) is 37.4 Å². The van der Waals surface area contributed by atoms with Gasteiger partial charge in [-0.05, 0) is 37.4 Å². The zero-order valence-electron chi connectivity index (χ0n) is 12.9. The minimum atomic E-state index is -0.139. The largest absolute Gasteiger partial charge is 0.314 e. The number of fused-ring (bicyclic) bond motifs is 1. The Morgan fingerprint density at radius 3 is 2.37 bits per heavy atom. The number of likely N-dealkylation sites (N-methyl/N-ethyl adjacent to an activating group) is 1. The maximum atomic E-state index is 9.83. The fourth-order valence-electron chi connectivity index (χ4n) is 2.18. The molecule has 0 heterocycles. The number of hydrogen-bond donors (Lipinski definition) is 1. The fraction of sp³-hybridized carbons (Fsp3) is 0.588. The highest BCUT2D eigenvalue weighted by molar-refractivity contribution is 5.56. The summed E-state index contributed by atoms with van der Waals surface area (Å²) < 4.78 is 0. The van der Waals surface area contributed by atoms with Crippen LogP contribution in [0.5, 0.6) is 0 Å². The highest BCUT2D eigenvalue weighted by Gasteiger charge is 2.19. The first-order valence-corrected chi connectivity index (χ1v) is 7.14. The smallest absolute Gasteiger partial charge is 0.125 e. The molecule has 1 unspecified atom stereocenters. The third-order valence-electron chi connectivity index (χ3n) is 3.14. The van der Waals surface area contributed by atoms with E-state index in [4.69, 9.17) is 0 Å². The van der Waals surface area contributed by atoms with Gasteiger partial charge >= 0.3 is 0 Å². The van der Waals surface area contributed by atoms with Crippen LogP contribution in [0.15, 0.2) is 18.2 Å². The summed E-state index contributed by atoms with van der Waals surface area (Å²) >= 11 is 0. The zero-order chi connectivity index (χ0) is 14.5. The van der Waals surface area contributed by atoms with E-state index in [9.17, 15) is 4.79 Å². The maximum absolute atomic E-state index is 9.83. The molecule has 2 nitrogen and oxygen atoms in total. The molecule has 0 amide bonds. The summed E-state index contributed by atoms with van der Waals surface area (Å²) in [5, 5.41) is 3.51. The van der Waals surface area contributed by atoms with Crippen molar-refractivity contribution in [3.63, 3.8) is 0 Å². The van der Waals surface area contributed by atoms with E-state index in [1.54, 1.807) is 5.56 Å². The number of nitrogens with one attached hydrogen (secondary N) is 1. The number of rotatable bonds is 2. The van der Waals surface area contributed by atoms with Gasteiger partial charge in [0.2, 0.25) is 0 Å². The predicted molar refractivity (Wildman–Crippen MR) is 81.6 cm³/mol. The van der Waals surface area contributed by atoms with Crippen molar-refractivity contribution in [1.29, 1.82) is 0 Å². The van der Waals surface area contributed by atoms with E-state index in [-0.39, 0.29) is 5.41 Å². The van der Waals surface area contributed by atoms with E-state index in [0.29, 0.717) is 6.04 Å². The van der Waals surface area contributed by atoms with E-state index in [1.807, 2.05) is 20.8 Å². The summed E-state index contributed by atoms with van der Waals surface area (Å²) in [6.07, 6.45) is 3.36. The van der Waals surface area contributed by atoms with Gasteiger partial charge < -0.3 is 10.1 Å². The van der Waals surface area contributed by atoms with Crippen molar-refractivity contribution in [2.24, 2.45) is 5.41 Å². The number of carbonyl (C=O) groups is 1. The molecule has 0 aliphatic heterocycles. The van der Waals surface area contributed by atoms with Gasteiger partial charge in [-0.15, -0.1) is 0 Å². The number of carbonyl (C=O) groups excluding carboxylic acids is 1. The van der Waals surface area contributed by atoms with Crippen molar-refractivity contribution in [1.82, 2.24) is 5.32 Å². The lowest BCUT2D eigenvalue weighted by molar-refractivity contribution is -0.113. The standard InChI is InChI=1S/C12H17N.C5H10O/c1-3-13-12-7-10-5-4-9(2)6-11(10)8-12;1-5(2,3)4-6/h4-6,12-13H,3,7-8H2,1-2H3;4H,1-3H3. The van der Waals surface area contributed by atoms with Gasteiger partial charge in [0.25, 0.3) is 0 Å². The van der Waals surface area contributed by atoms with Gasteiger partial charge in [-0.2, -0.15) is 0 Å². The average Bonchev–Trinajstić information content (AvgIpc) is 2.71. The molecular formula is C17H27NO. The summed E-state index contributed by atoms with van der Waals surface area (Å²) in [7, 11) is 0. The molecule has 1 atom stereocenters. The molecular weight excluding hydrogens is 234 g/mol. The number of hydrogen-bond acceptors (Lipinski definition) is 2. The number of aldehydes is 1. The van der Waals surface area contributed by atoms with Crippen LogP contribution in [0.4, 0.5) is 0 Å². The molecule has 0 radical (unpaired) electrons. The molecule has 0 aromatic heterocycles. The summed E-state index contributed by atoms with van der Waals surface area (Å²) in [6, 6.07) is 7.50. The minimum absolute atomic E-state index is 0.139. The molecule has 2 rings (SSSR count). The Morgan fingerprint density at radius 2 is 1.84 bits per heavy atom. The van der Waals surface area contributed by atoms with Crippen LogP contribution < -0.4 is 5.32 Å². The maximum Gasteiger partial charge on any atom is 0.125 e. The lowest BCUT2D eigenvalue weighted by atomic mass is 10.0. The molecule has 1 aliphatic carbocycles. The second-order valence-electron chi connectivity index (χ2n) is 6.42. The number of benzene rings is 1. The van der Waals surface area contributed by atoms with E-state index >= 15 is 0 Å². The third-order valence-corrected chi connectivity index (χ3v) is 3.14. The molecule has 19 heavy (non-hydrogen) atoms. The zero-order valence-corrected chi connectivity index (χ0v) is 12.9. The molecule has 1 aromatic carbocycles. The van der Waals surface area contributed by atoms with Crippen LogP contribution in [0.2, 0.25) is 0 Å². The number of aryl methyl sites for hydroxylation is 1. The molecule has 0 saturated carbocycles. The van der Waals surface area contributed by atoms with Crippen molar-refractivity contribution in [3.8, 4) is 0 Å². The van der Waals surface area contributed by atoms with Crippen LogP contribution in [0.3, 0.4) is 0 Å². The summed E-state index contributed by atoms with van der Waals surface area (Å²) in [5.41, 5.74) is 4.33. The third kappa shape index (κ3) is 5.56. The van der Waals surface area contributed by atoms with E-state index in [0.717, 1.165) is 12.8 Å². The summed E-state index contributed by atoms with van der Waals surface area (Å²) in [6.45, 7) is 11.0. The van der Waals surface area contributed by atoms with Crippen LogP contribution in [-0.4, -0.2) is 18.9 Å². The van der Waals surface area contributed by atoms with Crippen LogP contribution in [0, 0.1) is 12.3 Å². The lowest BCUT2D eigenvalue weighted by Gasteiger charge is -2.08. The second kappa shape index (κ2) is 6.85. The van der Waals surface area contributed by atoms with Gasteiger partial charge in [0.1, 0.15) is 6.29 Å². The van der Waals surface area contributed by atoms with Gasteiger partial charge in [-0.1, -0.05) is 51.5 Å². The van der Waals surface area contributed by atoms with Gasteiger partial charge in [-0.3, -0.25) is 0 Å². The lowest BCUT2D eigenvalue weighted by Crippen LogP contribution is -2.28. The van der Waals surface area contributed by atoms with Crippen LogP contribution in [0.25, 0.3) is 0 Å². The van der Waals surface area contributed by atoms with Crippen molar-refractivity contribution in [2.75, 3.05) is 6.54 Å². The molecule has 0 bridgehead atoms. The Morgan fingerprint density at radius 1 is 1.26 bits per heavy atom. The molecule has 0 fully saturated rings. The minimum Gasteiger partial charge on any atom is -0.314 e. The monoisotopic (exact) mass is 261 g/mol. The van der Waals surface area contributed by atoms with Crippen molar-refractivity contribution in [3.05, 3.63) is 34.9 Å². The Labute approximate surface area is 117 Å². The van der Waals surface area contributed by atoms with E-state index in [1.165, 1.54) is 24.0 Å². The Hall–Kier alpha value is -1.15. The topological polar surface area (TPSA) is 29.1 Å². The Bertz CT molecular complexity index is 418.